The summed E-state index contributed by atoms with van der Waals surface area (Å²) >= 11 is 0. The lowest BCUT2D eigenvalue weighted by atomic mass is 9.86. The molecule has 1 aliphatic heterocycles. The molecule has 2 aromatic rings. The van der Waals surface area contributed by atoms with Gasteiger partial charge < -0.3 is 25.0 Å². The van der Waals surface area contributed by atoms with Crippen LogP contribution in [-0.2, 0) is 19.1 Å². The molecule has 1 aliphatic carbocycles. The molecule has 38 heavy (non-hydrogen) atoms. The highest BCUT2D eigenvalue weighted by atomic mass is 16.5. The molecule has 2 aliphatic rings. The van der Waals surface area contributed by atoms with Crippen molar-refractivity contribution in [1.29, 1.82) is 0 Å². The number of carboxylic acid groups (broad SMARTS) is 1. The molecule has 3 N–H and O–H groups in total. The SMILES string of the molecule is CC(C)(C)[C@H](NC=O)C(=O)N1CCCC1C(=O)O.COC(C)(C)C.O=c1[nH]c(C2CC2)cc2ccccc12. The van der Waals surface area contributed by atoms with Gasteiger partial charge in [0.1, 0.15) is 12.1 Å². The molecule has 1 saturated heterocycles. The van der Waals surface area contributed by atoms with Crippen molar-refractivity contribution >= 4 is 29.1 Å². The third-order valence-corrected chi connectivity index (χ3v) is 6.57. The normalized spacial score (nSPS) is 18.0. The predicted octanol–water partition coefficient (Wildman–Crippen LogP) is 4.06. The van der Waals surface area contributed by atoms with Crippen LogP contribution in [0.25, 0.3) is 10.8 Å². The molecule has 2 atom stereocenters. The van der Waals surface area contributed by atoms with Gasteiger partial charge in [-0.25, -0.2) is 4.79 Å². The molecule has 0 radical (unpaired) electrons. The van der Waals surface area contributed by atoms with Gasteiger partial charge in [0.2, 0.25) is 12.3 Å². The summed E-state index contributed by atoms with van der Waals surface area (Å²) in [4.78, 5) is 50.0. The Bertz CT molecular complexity index is 1160. The lowest BCUT2D eigenvalue weighted by Gasteiger charge is -2.33. The maximum Gasteiger partial charge on any atom is 0.326 e. The lowest BCUT2D eigenvalue weighted by molar-refractivity contribution is -0.150. The Morgan fingerprint density at radius 2 is 1.74 bits per heavy atom. The number of methoxy groups -OCH3 is 1. The first-order valence-electron chi connectivity index (χ1n) is 13.1. The van der Waals surface area contributed by atoms with Crippen LogP contribution in [0, 0.1) is 5.41 Å². The summed E-state index contributed by atoms with van der Waals surface area (Å²) in [5, 5.41) is 13.4. The number of fused-ring (bicyclic) bond motifs is 1. The van der Waals surface area contributed by atoms with Gasteiger partial charge in [0.25, 0.3) is 5.56 Å². The average molecular weight is 530 g/mol. The summed E-state index contributed by atoms with van der Waals surface area (Å²) in [6.07, 6.45) is 4.07. The first-order chi connectivity index (χ1) is 17.7. The number of benzene rings is 1. The summed E-state index contributed by atoms with van der Waals surface area (Å²) < 4.78 is 4.94. The standard InChI is InChI=1S/C12H20N2O4.C12H11NO.C5H12O/c1-12(2,3)9(13-7-15)10(16)14-6-4-5-8(14)11(17)18;14-12-10-4-2-1-3-9(10)7-11(13-12)8-5-6-8;1-5(2,3)6-4/h7-9H,4-6H2,1-3H3,(H,13,15)(H,17,18);1-4,7-8H,5-6H2,(H,13,14);1-4H3/t8?,9-;;/m1../s1. The van der Waals surface area contributed by atoms with Crippen molar-refractivity contribution in [3.8, 4) is 0 Å². The number of ether oxygens (including phenoxy) is 1. The second kappa shape index (κ2) is 13.0. The molecule has 210 valence electrons. The van der Waals surface area contributed by atoms with E-state index in [2.05, 4.69) is 16.4 Å². The topological polar surface area (TPSA) is 129 Å². The first-order valence-corrected chi connectivity index (χ1v) is 13.1. The Labute approximate surface area is 224 Å². The van der Waals surface area contributed by atoms with Crippen LogP contribution < -0.4 is 10.9 Å². The molecule has 2 amide bonds. The number of hydrogen-bond donors (Lipinski definition) is 3. The van der Waals surface area contributed by atoms with Crippen molar-refractivity contribution in [3.63, 3.8) is 0 Å². The van der Waals surface area contributed by atoms with Gasteiger partial charge >= 0.3 is 5.97 Å². The number of aliphatic carboxylic acids is 1. The maximum atomic E-state index is 12.3. The number of likely N-dealkylation sites (tertiary alicyclic amines) is 1. The van der Waals surface area contributed by atoms with E-state index in [-0.39, 0.29) is 17.1 Å². The van der Waals surface area contributed by atoms with Crippen LogP contribution in [0.5, 0.6) is 0 Å². The zero-order valence-corrected chi connectivity index (χ0v) is 23.7. The molecule has 1 saturated carbocycles. The van der Waals surface area contributed by atoms with Crippen molar-refractivity contribution in [2.24, 2.45) is 5.41 Å². The number of amides is 2. The zero-order valence-electron chi connectivity index (χ0n) is 23.7. The number of carboxylic acids is 1. The second-order valence-corrected chi connectivity index (χ2v) is 11.8. The van der Waals surface area contributed by atoms with Gasteiger partial charge in [-0.3, -0.25) is 14.4 Å². The fourth-order valence-electron chi connectivity index (χ4n) is 4.06. The summed E-state index contributed by atoms with van der Waals surface area (Å²) in [5.74, 6) is -0.702. The third-order valence-electron chi connectivity index (χ3n) is 6.57. The average Bonchev–Trinajstić information content (AvgIpc) is 3.57. The Morgan fingerprint density at radius 1 is 1.13 bits per heavy atom. The van der Waals surface area contributed by atoms with Crippen LogP contribution in [0.3, 0.4) is 0 Å². The van der Waals surface area contributed by atoms with Gasteiger partial charge in [-0.05, 0) is 75.3 Å². The van der Waals surface area contributed by atoms with Crippen LogP contribution in [-0.4, -0.2) is 64.6 Å². The molecule has 1 aromatic carbocycles. The van der Waals surface area contributed by atoms with Crippen molar-refractivity contribution in [3.05, 3.63) is 46.4 Å². The van der Waals surface area contributed by atoms with Gasteiger partial charge in [0, 0.05) is 24.7 Å². The molecule has 0 spiro atoms. The van der Waals surface area contributed by atoms with Crippen molar-refractivity contribution in [2.45, 2.75) is 90.8 Å². The van der Waals surface area contributed by atoms with Crippen molar-refractivity contribution < 1.29 is 24.2 Å². The van der Waals surface area contributed by atoms with Crippen LogP contribution in [0.4, 0.5) is 0 Å². The molecule has 1 aromatic heterocycles. The quantitative estimate of drug-likeness (QED) is 0.501. The molecule has 1 unspecified atom stereocenters. The van der Waals surface area contributed by atoms with E-state index < -0.39 is 23.5 Å². The number of aromatic amines is 1. The van der Waals surface area contributed by atoms with Gasteiger partial charge in [-0.15, -0.1) is 0 Å². The van der Waals surface area contributed by atoms with Gasteiger partial charge in [-0.1, -0.05) is 39.0 Å². The van der Waals surface area contributed by atoms with Crippen LogP contribution in [0.15, 0.2) is 35.1 Å². The van der Waals surface area contributed by atoms with E-state index in [4.69, 9.17) is 9.84 Å². The Hall–Kier alpha value is -3.20. The number of H-pyrrole nitrogens is 1. The third kappa shape index (κ3) is 8.97. The fraction of sp³-hybridized carbons (Fsp3) is 0.586. The first kappa shape index (κ1) is 31.0. The second-order valence-electron chi connectivity index (χ2n) is 11.8. The summed E-state index contributed by atoms with van der Waals surface area (Å²) in [6, 6.07) is 8.37. The molecule has 0 bridgehead atoms. The number of carbonyl (C=O) groups excluding carboxylic acids is 2. The minimum Gasteiger partial charge on any atom is -0.480 e. The Kier molecular flexibility index (Phi) is 10.6. The minimum atomic E-state index is -0.986. The lowest BCUT2D eigenvalue weighted by Crippen LogP contribution is -2.55. The summed E-state index contributed by atoms with van der Waals surface area (Å²) in [6.45, 7) is 12.0. The highest BCUT2D eigenvalue weighted by Gasteiger charge is 2.40. The predicted molar refractivity (Wildman–Crippen MR) is 148 cm³/mol. The minimum absolute atomic E-state index is 0.0417. The van der Waals surface area contributed by atoms with E-state index in [0.717, 1.165) is 16.5 Å². The number of aromatic nitrogens is 1. The number of pyridine rings is 1. The van der Waals surface area contributed by atoms with Crippen molar-refractivity contribution in [2.75, 3.05) is 13.7 Å². The van der Waals surface area contributed by atoms with Crippen molar-refractivity contribution in [1.82, 2.24) is 15.2 Å². The van der Waals surface area contributed by atoms with E-state index in [9.17, 15) is 19.2 Å². The smallest absolute Gasteiger partial charge is 0.326 e. The van der Waals surface area contributed by atoms with E-state index in [1.165, 1.54) is 17.7 Å². The van der Waals surface area contributed by atoms with Crippen LogP contribution in [0.2, 0.25) is 0 Å². The molecule has 9 heteroatoms. The zero-order chi connectivity index (χ0) is 28.7. The fourth-order valence-corrected chi connectivity index (χ4v) is 4.06. The molecule has 9 nitrogen and oxygen atoms in total. The molecule has 2 fully saturated rings. The van der Waals surface area contributed by atoms with Gasteiger partial charge in [0.15, 0.2) is 0 Å². The van der Waals surface area contributed by atoms with E-state index in [1.807, 2.05) is 65.8 Å². The van der Waals surface area contributed by atoms with Crippen LogP contribution >= 0.6 is 0 Å². The number of carbonyl (C=O) groups is 3. The maximum absolute atomic E-state index is 12.3. The molecule has 4 rings (SSSR count). The molecular formula is C29H43N3O6. The molecular weight excluding hydrogens is 486 g/mol. The Balaban J connectivity index is 0.000000224. The summed E-state index contributed by atoms with van der Waals surface area (Å²) in [5.41, 5.74) is 0.739. The summed E-state index contributed by atoms with van der Waals surface area (Å²) in [7, 11) is 1.71. The monoisotopic (exact) mass is 529 g/mol. The number of hydrogen-bond acceptors (Lipinski definition) is 5. The van der Waals surface area contributed by atoms with Gasteiger partial charge in [0.05, 0.1) is 5.60 Å². The van der Waals surface area contributed by atoms with E-state index in [0.29, 0.717) is 31.7 Å². The Morgan fingerprint density at radius 3 is 2.24 bits per heavy atom. The number of nitrogens with zero attached hydrogens (tertiary/aromatic N) is 1. The highest BCUT2D eigenvalue weighted by Crippen LogP contribution is 2.39. The highest BCUT2D eigenvalue weighted by molar-refractivity contribution is 5.89. The van der Waals surface area contributed by atoms with Crippen LogP contribution in [0.1, 0.15) is 78.8 Å². The van der Waals surface area contributed by atoms with E-state index >= 15 is 0 Å². The van der Waals surface area contributed by atoms with Gasteiger partial charge in [-0.2, -0.15) is 0 Å². The molecule has 2 heterocycles. The number of nitrogens with one attached hydrogen (secondary N) is 2. The van der Waals surface area contributed by atoms with E-state index in [1.54, 1.807) is 7.11 Å². The number of rotatable bonds is 5. The largest absolute Gasteiger partial charge is 0.480 e.